The Bertz CT molecular complexity index is 377. The number of piperazine rings is 1. The van der Waals surface area contributed by atoms with Crippen molar-refractivity contribution < 1.29 is 18.0 Å². The zero-order chi connectivity index (χ0) is 12.2. The van der Waals surface area contributed by atoms with Crippen LogP contribution in [0.15, 0.2) is 0 Å². The summed E-state index contributed by atoms with van der Waals surface area (Å²) in [5, 5.41) is 2.43. The number of sulfone groups is 1. The van der Waals surface area contributed by atoms with Gasteiger partial charge in [-0.25, -0.2) is 8.42 Å². The zero-order valence-corrected chi connectivity index (χ0v) is 10.0. The lowest BCUT2D eigenvalue weighted by Gasteiger charge is -2.26. The fourth-order valence-electron chi connectivity index (χ4n) is 1.43. The Morgan fingerprint density at radius 2 is 2.06 bits per heavy atom. The first-order chi connectivity index (χ1) is 7.44. The van der Waals surface area contributed by atoms with E-state index in [1.165, 1.54) is 4.90 Å². The maximum absolute atomic E-state index is 11.3. The molecule has 0 bridgehead atoms. The fourth-order valence-corrected chi connectivity index (χ4v) is 2.28. The highest BCUT2D eigenvalue weighted by Gasteiger charge is 2.22. The van der Waals surface area contributed by atoms with E-state index in [2.05, 4.69) is 5.32 Å². The molecule has 0 atom stereocenters. The predicted octanol–water partition coefficient (Wildman–Crippen LogP) is -1.23. The van der Waals surface area contributed by atoms with Crippen molar-refractivity contribution in [1.29, 1.82) is 0 Å². The smallest absolute Gasteiger partial charge is 0.242 e. The van der Waals surface area contributed by atoms with Crippen LogP contribution >= 0.6 is 0 Å². The second-order valence-corrected chi connectivity index (χ2v) is 6.15. The van der Waals surface area contributed by atoms with Crippen molar-refractivity contribution in [3.8, 4) is 0 Å². The molecule has 1 fully saturated rings. The van der Waals surface area contributed by atoms with Gasteiger partial charge in [0.1, 0.15) is 9.84 Å². The van der Waals surface area contributed by atoms with E-state index in [9.17, 15) is 18.0 Å². The Balaban J connectivity index is 2.37. The number of hydrogen-bond donors (Lipinski definition) is 1. The molecule has 0 radical (unpaired) electrons. The van der Waals surface area contributed by atoms with Gasteiger partial charge in [0.05, 0.1) is 18.8 Å². The normalized spacial score (nSPS) is 17.4. The molecule has 1 saturated heterocycles. The van der Waals surface area contributed by atoms with E-state index in [-0.39, 0.29) is 36.4 Å². The maximum atomic E-state index is 11.3. The molecule has 1 aliphatic rings. The third kappa shape index (κ3) is 3.80. The minimum Gasteiger partial charge on any atom is -0.345 e. The highest BCUT2D eigenvalue weighted by Crippen LogP contribution is 2.00. The Kier molecular flexibility index (Phi) is 4.28. The molecule has 0 aromatic carbocycles. The van der Waals surface area contributed by atoms with Crippen molar-refractivity contribution in [3.63, 3.8) is 0 Å². The lowest BCUT2D eigenvalue weighted by Crippen LogP contribution is -2.51. The molecule has 1 rings (SSSR count). The third-order valence-corrected chi connectivity index (χ3v) is 4.24. The van der Waals surface area contributed by atoms with Gasteiger partial charge in [0.15, 0.2) is 0 Å². The Labute approximate surface area is 94.9 Å². The summed E-state index contributed by atoms with van der Waals surface area (Å²) in [6, 6.07) is 0. The van der Waals surface area contributed by atoms with Gasteiger partial charge in [-0.15, -0.1) is 0 Å². The summed E-state index contributed by atoms with van der Waals surface area (Å²) < 4.78 is 22.4. The first-order valence-electron chi connectivity index (χ1n) is 5.19. The molecule has 0 unspecified atom stereocenters. The summed E-state index contributed by atoms with van der Waals surface area (Å²) in [7, 11) is -2.99. The monoisotopic (exact) mass is 248 g/mol. The van der Waals surface area contributed by atoms with Crippen LogP contribution in [0.4, 0.5) is 0 Å². The first-order valence-corrected chi connectivity index (χ1v) is 7.01. The number of nitrogens with zero attached hydrogens (tertiary/aromatic N) is 1. The topological polar surface area (TPSA) is 83.6 Å². The minimum atomic E-state index is -2.99. The standard InChI is InChI=1S/C9H16N2O4S/c1-2-16(14,15)5-3-4-11-7-8(12)10-6-9(11)13/h2-7H2,1H3,(H,10,12). The van der Waals surface area contributed by atoms with Crippen LogP contribution in [0, 0.1) is 0 Å². The summed E-state index contributed by atoms with van der Waals surface area (Å²) in [6.45, 7) is 1.96. The number of amides is 2. The lowest BCUT2D eigenvalue weighted by molar-refractivity contribution is -0.140. The highest BCUT2D eigenvalue weighted by molar-refractivity contribution is 7.91. The molecule has 0 aliphatic carbocycles. The van der Waals surface area contributed by atoms with E-state index in [1.54, 1.807) is 6.92 Å². The Hall–Kier alpha value is -1.11. The van der Waals surface area contributed by atoms with Crippen molar-refractivity contribution in [2.45, 2.75) is 13.3 Å². The van der Waals surface area contributed by atoms with E-state index < -0.39 is 9.84 Å². The van der Waals surface area contributed by atoms with Crippen molar-refractivity contribution >= 4 is 21.7 Å². The number of rotatable bonds is 5. The van der Waals surface area contributed by atoms with Crippen LogP contribution in [0.3, 0.4) is 0 Å². The molecule has 1 heterocycles. The van der Waals surface area contributed by atoms with Gasteiger partial charge in [0.25, 0.3) is 0 Å². The molecule has 1 N–H and O–H groups in total. The van der Waals surface area contributed by atoms with Gasteiger partial charge in [-0.1, -0.05) is 6.92 Å². The average molecular weight is 248 g/mol. The van der Waals surface area contributed by atoms with Crippen LogP contribution in [0.5, 0.6) is 0 Å². The van der Waals surface area contributed by atoms with E-state index in [0.29, 0.717) is 13.0 Å². The van der Waals surface area contributed by atoms with Gasteiger partial charge >= 0.3 is 0 Å². The second kappa shape index (κ2) is 5.29. The van der Waals surface area contributed by atoms with Gasteiger partial charge in [-0.2, -0.15) is 0 Å². The molecule has 92 valence electrons. The van der Waals surface area contributed by atoms with Crippen LogP contribution in [0.25, 0.3) is 0 Å². The van der Waals surface area contributed by atoms with E-state index in [0.717, 1.165) is 0 Å². The molecule has 6 nitrogen and oxygen atoms in total. The Morgan fingerprint density at radius 1 is 1.38 bits per heavy atom. The maximum Gasteiger partial charge on any atom is 0.242 e. The van der Waals surface area contributed by atoms with Gasteiger partial charge in [-0.3, -0.25) is 9.59 Å². The van der Waals surface area contributed by atoms with E-state index in [4.69, 9.17) is 0 Å². The zero-order valence-electron chi connectivity index (χ0n) is 9.23. The third-order valence-electron chi connectivity index (χ3n) is 2.45. The summed E-state index contributed by atoms with van der Waals surface area (Å²) in [5.74, 6) is -0.178. The summed E-state index contributed by atoms with van der Waals surface area (Å²) >= 11 is 0. The number of carbonyl (C=O) groups is 2. The van der Waals surface area contributed by atoms with Crippen LogP contribution in [0.1, 0.15) is 13.3 Å². The highest BCUT2D eigenvalue weighted by atomic mass is 32.2. The van der Waals surface area contributed by atoms with Gasteiger partial charge in [0, 0.05) is 12.3 Å². The van der Waals surface area contributed by atoms with Gasteiger partial charge < -0.3 is 10.2 Å². The van der Waals surface area contributed by atoms with Crippen LogP contribution in [-0.2, 0) is 19.4 Å². The van der Waals surface area contributed by atoms with Crippen LogP contribution < -0.4 is 5.32 Å². The molecule has 0 saturated carbocycles. The molecular weight excluding hydrogens is 232 g/mol. The first kappa shape index (κ1) is 13.0. The van der Waals surface area contributed by atoms with Gasteiger partial charge in [0.2, 0.25) is 11.8 Å². The lowest BCUT2D eigenvalue weighted by atomic mass is 10.3. The molecule has 0 aromatic rings. The van der Waals surface area contributed by atoms with Crippen molar-refractivity contribution in [2.75, 3.05) is 31.1 Å². The number of carbonyl (C=O) groups excluding carboxylic acids is 2. The molecule has 16 heavy (non-hydrogen) atoms. The largest absolute Gasteiger partial charge is 0.345 e. The Morgan fingerprint density at radius 3 is 2.69 bits per heavy atom. The van der Waals surface area contributed by atoms with Crippen LogP contribution in [-0.4, -0.2) is 56.3 Å². The molecule has 0 spiro atoms. The van der Waals surface area contributed by atoms with Crippen molar-refractivity contribution in [3.05, 3.63) is 0 Å². The summed E-state index contributed by atoms with van der Waals surface area (Å²) in [4.78, 5) is 23.7. The molecule has 0 aromatic heterocycles. The number of hydrogen-bond acceptors (Lipinski definition) is 4. The van der Waals surface area contributed by atoms with Crippen LogP contribution in [0.2, 0.25) is 0 Å². The SMILES string of the molecule is CCS(=O)(=O)CCCN1CC(=O)NCC1=O. The fraction of sp³-hybridized carbons (Fsp3) is 0.778. The van der Waals surface area contributed by atoms with E-state index >= 15 is 0 Å². The van der Waals surface area contributed by atoms with Gasteiger partial charge in [-0.05, 0) is 6.42 Å². The summed E-state index contributed by atoms with van der Waals surface area (Å²) in [6.07, 6.45) is 0.384. The quantitative estimate of drug-likeness (QED) is 0.660. The molecule has 7 heteroatoms. The molecule has 1 aliphatic heterocycles. The summed E-state index contributed by atoms with van der Waals surface area (Å²) in [5.41, 5.74) is 0. The minimum absolute atomic E-state index is 0.0133. The number of nitrogens with one attached hydrogen (secondary N) is 1. The van der Waals surface area contributed by atoms with E-state index in [1.807, 2.05) is 0 Å². The average Bonchev–Trinajstić information content (AvgIpc) is 2.23. The molecule has 2 amide bonds. The predicted molar refractivity (Wildman–Crippen MR) is 58.5 cm³/mol. The van der Waals surface area contributed by atoms with Crippen molar-refractivity contribution in [2.24, 2.45) is 0 Å². The molecular formula is C9H16N2O4S. The second-order valence-electron chi connectivity index (χ2n) is 3.68. The van der Waals surface area contributed by atoms with Crippen molar-refractivity contribution in [1.82, 2.24) is 10.2 Å².